The number of carbonyl (C=O) groups is 1. The molecule has 1 saturated heterocycles. The van der Waals surface area contributed by atoms with Crippen LogP contribution in [0.3, 0.4) is 0 Å². The largest absolute Gasteiger partial charge is 0.368 e. The maximum absolute atomic E-state index is 13.9. The molecule has 1 aromatic rings. The van der Waals surface area contributed by atoms with Crippen molar-refractivity contribution < 1.29 is 13.9 Å². The van der Waals surface area contributed by atoms with Gasteiger partial charge in [-0.1, -0.05) is 33.3 Å². The van der Waals surface area contributed by atoms with Crippen LogP contribution in [0.2, 0.25) is 0 Å². The van der Waals surface area contributed by atoms with E-state index in [9.17, 15) is 14.4 Å². The molecule has 1 aliphatic heterocycles. The van der Waals surface area contributed by atoms with E-state index in [-0.39, 0.29) is 24.2 Å². The van der Waals surface area contributed by atoms with Crippen LogP contribution in [0.5, 0.6) is 0 Å². The third kappa shape index (κ3) is 5.08. The molecular weight excluding hydrogens is 369 g/mol. The van der Waals surface area contributed by atoms with Crippen LogP contribution >= 0.6 is 0 Å². The molecule has 0 N–H and O–H groups in total. The van der Waals surface area contributed by atoms with E-state index < -0.39 is 5.82 Å². The van der Waals surface area contributed by atoms with Gasteiger partial charge in [-0.25, -0.2) is 4.39 Å². The van der Waals surface area contributed by atoms with Crippen molar-refractivity contribution in [2.45, 2.75) is 46.1 Å². The molecule has 5 nitrogen and oxygen atoms in total. The first-order chi connectivity index (χ1) is 13.9. The number of rotatable bonds is 5. The first-order valence-electron chi connectivity index (χ1n) is 10.7. The van der Waals surface area contributed by atoms with Crippen LogP contribution in [0.1, 0.15) is 45.6 Å². The third-order valence-corrected chi connectivity index (χ3v) is 6.46. The lowest BCUT2D eigenvalue weighted by molar-refractivity contribution is -0.141. The Morgan fingerprint density at radius 2 is 2.00 bits per heavy atom. The highest BCUT2D eigenvalue weighted by Gasteiger charge is 2.32. The maximum Gasteiger partial charge on any atom is 0.248 e. The zero-order valence-corrected chi connectivity index (χ0v) is 17.7. The summed E-state index contributed by atoms with van der Waals surface area (Å²) in [5.74, 6) is 1.25. The second-order valence-electron chi connectivity index (χ2n) is 8.79. The van der Waals surface area contributed by atoms with Crippen molar-refractivity contribution in [3.63, 3.8) is 0 Å². The highest BCUT2D eigenvalue weighted by molar-refractivity contribution is 5.78. The van der Waals surface area contributed by atoms with Crippen molar-refractivity contribution in [1.29, 1.82) is 5.26 Å². The van der Waals surface area contributed by atoms with Crippen molar-refractivity contribution in [2.75, 3.05) is 37.7 Å². The van der Waals surface area contributed by atoms with Crippen molar-refractivity contribution in [3.05, 3.63) is 29.6 Å². The number of hydrogen-bond acceptors (Lipinski definition) is 4. The molecular formula is C23H32FN3O2. The van der Waals surface area contributed by atoms with Gasteiger partial charge in [-0.15, -0.1) is 0 Å². The van der Waals surface area contributed by atoms with Gasteiger partial charge in [0.25, 0.3) is 0 Å². The topological polar surface area (TPSA) is 56.6 Å². The molecule has 2 aliphatic rings. The molecule has 3 atom stereocenters. The van der Waals surface area contributed by atoms with Crippen molar-refractivity contribution in [1.82, 2.24) is 4.90 Å². The Labute approximate surface area is 173 Å². The maximum atomic E-state index is 13.9. The lowest BCUT2D eigenvalue weighted by atomic mass is 9.75. The fraction of sp³-hybridized carbons (Fsp3) is 0.652. The highest BCUT2D eigenvalue weighted by Crippen LogP contribution is 2.35. The van der Waals surface area contributed by atoms with Gasteiger partial charge in [0.1, 0.15) is 24.1 Å². The Balaban J connectivity index is 1.53. The van der Waals surface area contributed by atoms with Gasteiger partial charge < -0.3 is 14.5 Å². The number of anilines is 1. The number of hydrogen-bond donors (Lipinski definition) is 0. The van der Waals surface area contributed by atoms with Crippen molar-refractivity contribution >= 4 is 11.6 Å². The first-order valence-corrected chi connectivity index (χ1v) is 10.7. The molecule has 3 rings (SSSR count). The summed E-state index contributed by atoms with van der Waals surface area (Å²) in [5, 5.41) is 9.25. The molecule has 1 amide bonds. The van der Waals surface area contributed by atoms with E-state index in [2.05, 4.69) is 20.8 Å². The molecule has 2 fully saturated rings. The van der Waals surface area contributed by atoms with Gasteiger partial charge >= 0.3 is 0 Å². The lowest BCUT2D eigenvalue weighted by Gasteiger charge is -2.38. The fourth-order valence-corrected chi connectivity index (χ4v) is 4.66. The predicted octanol–water partition coefficient (Wildman–Crippen LogP) is 3.82. The highest BCUT2D eigenvalue weighted by atomic mass is 19.1. The number of nitriles is 1. The number of halogens is 1. The number of ether oxygens (including phenoxy) is 1. The van der Waals surface area contributed by atoms with Gasteiger partial charge in [0.05, 0.1) is 11.8 Å². The second kappa shape index (κ2) is 9.58. The summed E-state index contributed by atoms with van der Waals surface area (Å²) < 4.78 is 20.0. The summed E-state index contributed by atoms with van der Waals surface area (Å²) in [6, 6.07) is 6.63. The molecule has 1 saturated carbocycles. The second-order valence-corrected chi connectivity index (χ2v) is 8.79. The molecule has 0 spiro atoms. The Hall–Kier alpha value is -2.13. The summed E-state index contributed by atoms with van der Waals surface area (Å²) in [6.45, 7) is 9.13. The smallest absolute Gasteiger partial charge is 0.248 e. The molecule has 0 aromatic heterocycles. The molecule has 158 valence electrons. The van der Waals surface area contributed by atoms with Gasteiger partial charge in [-0.2, -0.15) is 5.26 Å². The van der Waals surface area contributed by atoms with Crippen LogP contribution in [0.4, 0.5) is 10.1 Å². The van der Waals surface area contributed by atoms with Crippen LogP contribution in [0, 0.1) is 34.9 Å². The van der Waals surface area contributed by atoms with E-state index in [1.165, 1.54) is 18.9 Å². The van der Waals surface area contributed by atoms with Crippen molar-refractivity contribution in [2.24, 2.45) is 17.8 Å². The molecule has 0 radical (unpaired) electrons. The van der Waals surface area contributed by atoms with Gasteiger partial charge in [0, 0.05) is 26.2 Å². The van der Waals surface area contributed by atoms with Crippen LogP contribution in [-0.4, -0.2) is 49.7 Å². The Bertz CT molecular complexity index is 753. The summed E-state index contributed by atoms with van der Waals surface area (Å²) in [6.07, 6.45) is 3.60. The normalized spacial score (nSPS) is 25.2. The number of piperazine rings is 1. The number of benzene rings is 1. The monoisotopic (exact) mass is 401 g/mol. The quantitative estimate of drug-likeness (QED) is 0.753. The summed E-state index contributed by atoms with van der Waals surface area (Å²) in [7, 11) is 0. The van der Waals surface area contributed by atoms with Gasteiger partial charge in [-0.3, -0.25) is 4.79 Å². The van der Waals surface area contributed by atoms with E-state index in [1.54, 1.807) is 12.1 Å². The molecule has 1 aromatic carbocycles. The summed E-state index contributed by atoms with van der Waals surface area (Å²) >= 11 is 0. The van der Waals surface area contributed by atoms with E-state index >= 15 is 0 Å². The van der Waals surface area contributed by atoms with E-state index in [1.807, 2.05) is 15.9 Å². The Morgan fingerprint density at radius 1 is 1.28 bits per heavy atom. The van der Waals surface area contributed by atoms with E-state index in [4.69, 9.17) is 4.74 Å². The molecule has 3 unspecified atom stereocenters. The fourth-order valence-electron chi connectivity index (χ4n) is 4.66. The minimum Gasteiger partial charge on any atom is -0.368 e. The standard InChI is InChI=1S/C23H32FN3O2/c1-16(2)18-8-7-17(3)13-22(18)29-15-23(28)27-11-9-26(10-12-27)21-6-4-5-20(24)19(21)14-25/h4-6,16-18,22H,7-13,15H2,1-3H3. The third-order valence-electron chi connectivity index (χ3n) is 6.46. The number of carbonyl (C=O) groups excluding carboxylic acids is 1. The lowest BCUT2D eigenvalue weighted by Crippen LogP contribution is -2.50. The molecule has 1 aliphatic carbocycles. The summed E-state index contributed by atoms with van der Waals surface area (Å²) in [4.78, 5) is 16.5. The van der Waals surface area contributed by atoms with Crippen LogP contribution in [-0.2, 0) is 9.53 Å². The molecule has 1 heterocycles. The Kier molecular flexibility index (Phi) is 7.13. The van der Waals surface area contributed by atoms with E-state index in [0.717, 1.165) is 6.42 Å². The molecule has 6 heteroatoms. The van der Waals surface area contributed by atoms with Gasteiger partial charge in [0.15, 0.2) is 0 Å². The van der Waals surface area contributed by atoms with Crippen LogP contribution in [0.15, 0.2) is 18.2 Å². The van der Waals surface area contributed by atoms with Gasteiger partial charge in [-0.05, 0) is 42.7 Å². The van der Waals surface area contributed by atoms with Crippen LogP contribution < -0.4 is 4.90 Å². The predicted molar refractivity (Wildman–Crippen MR) is 111 cm³/mol. The zero-order valence-electron chi connectivity index (χ0n) is 17.7. The molecule has 29 heavy (non-hydrogen) atoms. The SMILES string of the molecule is CC1CCC(C(C)C)C(OCC(=O)N2CCN(c3cccc(F)c3C#N)CC2)C1. The molecule has 0 bridgehead atoms. The van der Waals surface area contributed by atoms with Crippen molar-refractivity contribution in [3.8, 4) is 6.07 Å². The zero-order chi connectivity index (χ0) is 21.0. The Morgan fingerprint density at radius 3 is 2.66 bits per heavy atom. The number of amides is 1. The summed E-state index contributed by atoms with van der Waals surface area (Å²) in [5.41, 5.74) is 0.675. The van der Waals surface area contributed by atoms with Gasteiger partial charge in [0.2, 0.25) is 5.91 Å². The number of nitrogens with zero attached hydrogens (tertiary/aromatic N) is 3. The van der Waals surface area contributed by atoms with E-state index in [0.29, 0.717) is 49.6 Å². The average Bonchev–Trinajstić information content (AvgIpc) is 2.71. The average molecular weight is 402 g/mol. The first kappa shape index (κ1) is 21.6. The van der Waals surface area contributed by atoms with Crippen LogP contribution in [0.25, 0.3) is 0 Å². The minimum absolute atomic E-state index is 0.0186. The minimum atomic E-state index is -0.502.